The van der Waals surface area contributed by atoms with Gasteiger partial charge >= 0.3 is 0 Å². The van der Waals surface area contributed by atoms with E-state index >= 15 is 0 Å². The summed E-state index contributed by atoms with van der Waals surface area (Å²) in [5.74, 6) is 0.977. The minimum atomic E-state index is -0.00113. The molecule has 94 valence electrons. The molecule has 3 atom stereocenters. The van der Waals surface area contributed by atoms with Crippen LogP contribution in [0.2, 0.25) is 0 Å². The molecule has 0 spiro atoms. The van der Waals surface area contributed by atoms with E-state index < -0.39 is 0 Å². The standard InChI is InChI=1S/C13H21N3O/c1-9(14)11-5-4-7-15-13(11)16(3)12-6-8-17-10(12)2/h4-5,7,9-10,12H,6,8,14H2,1-3H3. The van der Waals surface area contributed by atoms with Crippen molar-refractivity contribution in [2.24, 2.45) is 5.73 Å². The lowest BCUT2D eigenvalue weighted by molar-refractivity contribution is 0.118. The molecule has 1 aromatic rings. The molecular weight excluding hydrogens is 214 g/mol. The first-order valence-electron chi connectivity index (χ1n) is 6.16. The molecule has 0 saturated carbocycles. The van der Waals surface area contributed by atoms with Gasteiger partial charge < -0.3 is 15.4 Å². The first kappa shape index (κ1) is 12.3. The number of ether oxygens (including phenoxy) is 1. The summed E-state index contributed by atoms with van der Waals surface area (Å²) in [5.41, 5.74) is 7.08. The van der Waals surface area contributed by atoms with E-state index in [9.17, 15) is 0 Å². The van der Waals surface area contributed by atoms with Crippen LogP contribution in [0.3, 0.4) is 0 Å². The molecule has 4 heteroatoms. The number of hydrogen-bond donors (Lipinski definition) is 1. The van der Waals surface area contributed by atoms with Gasteiger partial charge in [0.15, 0.2) is 0 Å². The third kappa shape index (κ3) is 2.42. The zero-order valence-corrected chi connectivity index (χ0v) is 10.8. The number of hydrogen-bond acceptors (Lipinski definition) is 4. The van der Waals surface area contributed by atoms with Crippen LogP contribution in [0, 0.1) is 0 Å². The van der Waals surface area contributed by atoms with E-state index in [4.69, 9.17) is 10.5 Å². The Morgan fingerprint density at radius 3 is 2.94 bits per heavy atom. The fourth-order valence-electron chi connectivity index (χ4n) is 2.45. The molecule has 1 saturated heterocycles. The highest BCUT2D eigenvalue weighted by atomic mass is 16.5. The normalized spacial score (nSPS) is 25.9. The van der Waals surface area contributed by atoms with E-state index in [1.54, 1.807) is 0 Å². The summed E-state index contributed by atoms with van der Waals surface area (Å²) < 4.78 is 5.61. The van der Waals surface area contributed by atoms with E-state index in [1.165, 1.54) is 0 Å². The summed E-state index contributed by atoms with van der Waals surface area (Å²) in [6, 6.07) is 4.37. The van der Waals surface area contributed by atoms with Crippen molar-refractivity contribution in [3.63, 3.8) is 0 Å². The number of aromatic nitrogens is 1. The van der Waals surface area contributed by atoms with Crippen LogP contribution in [-0.4, -0.2) is 30.8 Å². The van der Waals surface area contributed by atoms with Gasteiger partial charge in [-0.15, -0.1) is 0 Å². The van der Waals surface area contributed by atoms with Gasteiger partial charge in [0.05, 0.1) is 12.1 Å². The Kier molecular flexibility index (Phi) is 3.64. The molecule has 1 fully saturated rings. The molecule has 2 heterocycles. The number of rotatable bonds is 3. The van der Waals surface area contributed by atoms with Crippen molar-refractivity contribution in [2.45, 2.75) is 38.5 Å². The van der Waals surface area contributed by atoms with Gasteiger partial charge in [0.1, 0.15) is 5.82 Å². The number of pyridine rings is 1. The first-order valence-corrected chi connectivity index (χ1v) is 6.16. The van der Waals surface area contributed by atoms with Crippen LogP contribution in [0.15, 0.2) is 18.3 Å². The van der Waals surface area contributed by atoms with Crippen molar-refractivity contribution < 1.29 is 4.74 Å². The van der Waals surface area contributed by atoms with Gasteiger partial charge in [-0.05, 0) is 26.3 Å². The summed E-state index contributed by atoms with van der Waals surface area (Å²) in [6.45, 7) is 4.93. The SMILES string of the molecule is CC(N)c1cccnc1N(C)C1CCOC1C. The molecule has 0 radical (unpaired) electrons. The highest BCUT2D eigenvalue weighted by Gasteiger charge is 2.29. The molecular formula is C13H21N3O. The monoisotopic (exact) mass is 235 g/mol. The second-order valence-electron chi connectivity index (χ2n) is 4.75. The molecule has 1 aromatic heterocycles. The average molecular weight is 235 g/mol. The summed E-state index contributed by atoms with van der Waals surface area (Å²) in [4.78, 5) is 6.67. The summed E-state index contributed by atoms with van der Waals surface area (Å²) in [5, 5.41) is 0. The molecule has 4 nitrogen and oxygen atoms in total. The fourth-order valence-corrected chi connectivity index (χ4v) is 2.45. The Labute approximate surface area is 103 Å². The smallest absolute Gasteiger partial charge is 0.133 e. The molecule has 2 N–H and O–H groups in total. The predicted octanol–water partition coefficient (Wildman–Crippen LogP) is 1.71. The van der Waals surface area contributed by atoms with Gasteiger partial charge in [0, 0.05) is 31.5 Å². The van der Waals surface area contributed by atoms with E-state index in [1.807, 2.05) is 25.3 Å². The van der Waals surface area contributed by atoms with Crippen molar-refractivity contribution in [1.82, 2.24) is 4.98 Å². The number of nitrogens with zero attached hydrogens (tertiary/aromatic N) is 2. The fraction of sp³-hybridized carbons (Fsp3) is 0.615. The highest BCUT2D eigenvalue weighted by molar-refractivity contribution is 5.48. The number of anilines is 1. The molecule has 0 aromatic carbocycles. The van der Waals surface area contributed by atoms with Crippen LogP contribution in [0.1, 0.15) is 31.9 Å². The van der Waals surface area contributed by atoms with Gasteiger partial charge in [0.2, 0.25) is 0 Å². The summed E-state index contributed by atoms with van der Waals surface area (Å²) in [7, 11) is 2.07. The van der Waals surface area contributed by atoms with Crippen molar-refractivity contribution in [2.75, 3.05) is 18.6 Å². The molecule has 0 aliphatic carbocycles. The number of nitrogens with two attached hydrogens (primary N) is 1. The van der Waals surface area contributed by atoms with Gasteiger partial charge in [-0.1, -0.05) is 6.07 Å². The maximum atomic E-state index is 5.99. The highest BCUT2D eigenvalue weighted by Crippen LogP contribution is 2.27. The Bertz CT molecular complexity index is 381. The van der Waals surface area contributed by atoms with Gasteiger partial charge in [0.25, 0.3) is 0 Å². The minimum Gasteiger partial charge on any atom is -0.376 e. The minimum absolute atomic E-state index is 0.00113. The average Bonchev–Trinajstić information content (AvgIpc) is 2.74. The molecule has 1 aliphatic rings. The quantitative estimate of drug-likeness (QED) is 0.866. The van der Waals surface area contributed by atoms with E-state index in [0.29, 0.717) is 6.04 Å². The lowest BCUT2D eigenvalue weighted by atomic mass is 10.1. The topological polar surface area (TPSA) is 51.4 Å². The molecule has 17 heavy (non-hydrogen) atoms. The maximum Gasteiger partial charge on any atom is 0.133 e. The number of likely N-dealkylation sites (N-methyl/N-ethyl adjacent to an activating group) is 1. The maximum absolute atomic E-state index is 5.99. The van der Waals surface area contributed by atoms with Gasteiger partial charge in [-0.2, -0.15) is 0 Å². The predicted molar refractivity (Wildman–Crippen MR) is 69.1 cm³/mol. The second-order valence-corrected chi connectivity index (χ2v) is 4.75. The first-order chi connectivity index (χ1) is 8.11. The zero-order valence-electron chi connectivity index (χ0n) is 10.8. The van der Waals surface area contributed by atoms with Crippen LogP contribution in [0.5, 0.6) is 0 Å². The Hall–Kier alpha value is -1.13. The van der Waals surface area contributed by atoms with Crippen molar-refractivity contribution in [3.05, 3.63) is 23.9 Å². The van der Waals surface area contributed by atoms with E-state index in [2.05, 4.69) is 23.9 Å². The molecule has 0 bridgehead atoms. The van der Waals surface area contributed by atoms with E-state index in [-0.39, 0.29) is 12.1 Å². The van der Waals surface area contributed by atoms with Crippen LogP contribution in [0.25, 0.3) is 0 Å². The Balaban J connectivity index is 2.27. The molecule has 0 amide bonds. The molecule has 3 unspecified atom stereocenters. The van der Waals surface area contributed by atoms with Crippen molar-refractivity contribution in [3.8, 4) is 0 Å². The third-order valence-corrected chi connectivity index (χ3v) is 3.48. The third-order valence-electron chi connectivity index (χ3n) is 3.48. The van der Waals surface area contributed by atoms with Crippen LogP contribution in [0.4, 0.5) is 5.82 Å². The van der Waals surface area contributed by atoms with Crippen LogP contribution < -0.4 is 10.6 Å². The summed E-state index contributed by atoms with van der Waals surface area (Å²) in [6.07, 6.45) is 3.12. The van der Waals surface area contributed by atoms with Gasteiger partial charge in [-0.25, -0.2) is 4.98 Å². The summed E-state index contributed by atoms with van der Waals surface area (Å²) >= 11 is 0. The van der Waals surface area contributed by atoms with Gasteiger partial charge in [-0.3, -0.25) is 0 Å². The molecule has 1 aliphatic heterocycles. The Morgan fingerprint density at radius 1 is 1.59 bits per heavy atom. The van der Waals surface area contributed by atoms with Crippen molar-refractivity contribution in [1.29, 1.82) is 0 Å². The van der Waals surface area contributed by atoms with Crippen LogP contribution in [-0.2, 0) is 4.74 Å². The Morgan fingerprint density at radius 2 is 2.35 bits per heavy atom. The van der Waals surface area contributed by atoms with Crippen LogP contribution >= 0.6 is 0 Å². The lowest BCUT2D eigenvalue weighted by Crippen LogP contribution is -2.38. The second kappa shape index (κ2) is 5.02. The molecule has 2 rings (SSSR count). The lowest BCUT2D eigenvalue weighted by Gasteiger charge is -2.30. The van der Waals surface area contributed by atoms with Crippen molar-refractivity contribution >= 4 is 5.82 Å². The zero-order chi connectivity index (χ0) is 12.4. The van der Waals surface area contributed by atoms with E-state index in [0.717, 1.165) is 24.4 Å². The largest absolute Gasteiger partial charge is 0.376 e.